The van der Waals surface area contributed by atoms with E-state index < -0.39 is 5.91 Å². The minimum Gasteiger partial charge on any atom is -0.489 e. The molecule has 0 aliphatic carbocycles. The molecule has 0 spiro atoms. The van der Waals surface area contributed by atoms with Crippen LogP contribution >= 0.6 is 0 Å². The van der Waals surface area contributed by atoms with E-state index >= 15 is 0 Å². The van der Waals surface area contributed by atoms with E-state index in [2.05, 4.69) is 30.7 Å². The average Bonchev–Trinajstić information content (AvgIpc) is 3.14. The maximum absolute atomic E-state index is 12.9. The SMILES string of the molecule is CC(C)(C)c1ccc(C(=O)N2CCC[C@@H]2COc2cccnc2C(N)=O)cn1. The van der Waals surface area contributed by atoms with Gasteiger partial charge in [0.1, 0.15) is 6.61 Å². The molecule has 2 N–H and O–H groups in total. The summed E-state index contributed by atoms with van der Waals surface area (Å²) in [6.45, 7) is 7.21. The van der Waals surface area contributed by atoms with Gasteiger partial charge in [-0.3, -0.25) is 14.6 Å². The average molecular weight is 382 g/mol. The lowest BCUT2D eigenvalue weighted by Gasteiger charge is -2.25. The summed E-state index contributed by atoms with van der Waals surface area (Å²) in [6, 6.07) is 7.00. The van der Waals surface area contributed by atoms with Gasteiger partial charge in [-0.1, -0.05) is 20.8 Å². The first-order valence-corrected chi connectivity index (χ1v) is 9.42. The molecule has 3 rings (SSSR count). The van der Waals surface area contributed by atoms with Crippen LogP contribution in [0.5, 0.6) is 5.75 Å². The number of ether oxygens (including phenoxy) is 1. The normalized spacial score (nSPS) is 16.8. The van der Waals surface area contributed by atoms with Crippen LogP contribution in [0.4, 0.5) is 0 Å². The van der Waals surface area contributed by atoms with Crippen LogP contribution in [0.2, 0.25) is 0 Å². The molecule has 7 nitrogen and oxygen atoms in total. The van der Waals surface area contributed by atoms with Crippen LogP contribution in [0, 0.1) is 0 Å². The van der Waals surface area contributed by atoms with Crippen molar-refractivity contribution >= 4 is 11.8 Å². The Morgan fingerprint density at radius 2 is 2.04 bits per heavy atom. The number of amides is 2. The second-order valence-electron chi connectivity index (χ2n) is 8.00. The Labute approximate surface area is 164 Å². The minimum atomic E-state index is -0.639. The molecule has 2 amide bonds. The highest BCUT2D eigenvalue weighted by molar-refractivity contribution is 5.94. The molecule has 1 aliphatic rings. The second kappa shape index (κ2) is 7.96. The van der Waals surface area contributed by atoms with E-state index in [1.807, 2.05) is 17.0 Å². The maximum atomic E-state index is 12.9. The van der Waals surface area contributed by atoms with Gasteiger partial charge in [0, 0.05) is 30.0 Å². The van der Waals surface area contributed by atoms with Crippen molar-refractivity contribution < 1.29 is 14.3 Å². The fourth-order valence-corrected chi connectivity index (χ4v) is 3.28. The molecule has 7 heteroatoms. The van der Waals surface area contributed by atoms with Crippen molar-refractivity contribution in [3.05, 3.63) is 53.6 Å². The molecule has 28 heavy (non-hydrogen) atoms. The van der Waals surface area contributed by atoms with E-state index in [1.54, 1.807) is 18.3 Å². The zero-order valence-corrected chi connectivity index (χ0v) is 16.5. The van der Waals surface area contributed by atoms with Crippen LogP contribution in [0.1, 0.15) is 60.2 Å². The quantitative estimate of drug-likeness (QED) is 0.857. The van der Waals surface area contributed by atoms with Crippen molar-refractivity contribution in [2.45, 2.75) is 45.1 Å². The van der Waals surface area contributed by atoms with Gasteiger partial charge in [0.25, 0.3) is 11.8 Å². The number of likely N-dealkylation sites (tertiary alicyclic amines) is 1. The Kier molecular flexibility index (Phi) is 5.63. The monoisotopic (exact) mass is 382 g/mol. The number of rotatable bonds is 5. The molecule has 0 aromatic carbocycles. The molecule has 1 aliphatic heterocycles. The number of primary amides is 1. The lowest BCUT2D eigenvalue weighted by Crippen LogP contribution is -2.39. The molecule has 3 heterocycles. The Morgan fingerprint density at radius 1 is 1.25 bits per heavy atom. The van der Waals surface area contributed by atoms with Gasteiger partial charge in [-0.2, -0.15) is 0 Å². The van der Waals surface area contributed by atoms with Crippen LogP contribution in [0.15, 0.2) is 36.7 Å². The summed E-state index contributed by atoms with van der Waals surface area (Å²) in [5, 5.41) is 0. The van der Waals surface area contributed by atoms with Gasteiger partial charge in [0.2, 0.25) is 0 Å². The van der Waals surface area contributed by atoms with E-state index in [1.165, 1.54) is 6.20 Å². The summed E-state index contributed by atoms with van der Waals surface area (Å²) in [7, 11) is 0. The summed E-state index contributed by atoms with van der Waals surface area (Å²) in [5.74, 6) is -0.356. The highest BCUT2D eigenvalue weighted by atomic mass is 16.5. The van der Waals surface area contributed by atoms with Crippen molar-refractivity contribution in [3.63, 3.8) is 0 Å². The molecule has 1 atom stereocenters. The first kappa shape index (κ1) is 19.8. The number of aromatic nitrogens is 2. The summed E-state index contributed by atoms with van der Waals surface area (Å²) in [6.07, 6.45) is 4.88. The number of hydrogen-bond acceptors (Lipinski definition) is 5. The van der Waals surface area contributed by atoms with E-state index in [4.69, 9.17) is 10.5 Å². The largest absolute Gasteiger partial charge is 0.489 e. The molecular weight excluding hydrogens is 356 g/mol. The van der Waals surface area contributed by atoms with Crippen molar-refractivity contribution in [1.29, 1.82) is 0 Å². The van der Waals surface area contributed by atoms with Gasteiger partial charge in [0.05, 0.1) is 11.6 Å². The molecule has 0 bridgehead atoms. The lowest BCUT2D eigenvalue weighted by atomic mass is 9.91. The number of hydrogen-bond donors (Lipinski definition) is 1. The van der Waals surface area contributed by atoms with Crippen molar-refractivity contribution in [1.82, 2.24) is 14.9 Å². The highest BCUT2D eigenvalue weighted by Crippen LogP contribution is 2.24. The molecule has 1 saturated heterocycles. The smallest absolute Gasteiger partial charge is 0.271 e. The van der Waals surface area contributed by atoms with E-state index in [9.17, 15) is 9.59 Å². The van der Waals surface area contributed by atoms with Gasteiger partial charge in [-0.15, -0.1) is 0 Å². The van der Waals surface area contributed by atoms with E-state index in [0.717, 1.165) is 18.5 Å². The van der Waals surface area contributed by atoms with Gasteiger partial charge in [-0.05, 0) is 37.1 Å². The first-order chi connectivity index (χ1) is 13.3. The second-order valence-corrected chi connectivity index (χ2v) is 8.00. The molecule has 0 saturated carbocycles. The van der Waals surface area contributed by atoms with Crippen molar-refractivity contribution in [2.24, 2.45) is 5.73 Å². The topological polar surface area (TPSA) is 98.4 Å². The maximum Gasteiger partial charge on any atom is 0.271 e. The molecule has 0 radical (unpaired) electrons. The van der Waals surface area contributed by atoms with Gasteiger partial charge in [-0.25, -0.2) is 4.98 Å². The predicted molar refractivity (Wildman–Crippen MR) is 105 cm³/mol. The lowest BCUT2D eigenvalue weighted by molar-refractivity contribution is 0.0688. The molecular formula is C21H26N4O3. The minimum absolute atomic E-state index is 0.0552. The molecule has 1 fully saturated rings. The van der Waals surface area contributed by atoms with Crippen LogP contribution in [0.25, 0.3) is 0 Å². The number of pyridine rings is 2. The van der Waals surface area contributed by atoms with Crippen molar-refractivity contribution in [2.75, 3.05) is 13.2 Å². The molecule has 2 aromatic rings. The third-order valence-electron chi connectivity index (χ3n) is 4.85. The van der Waals surface area contributed by atoms with Gasteiger partial charge < -0.3 is 15.4 Å². The van der Waals surface area contributed by atoms with Crippen molar-refractivity contribution in [3.8, 4) is 5.75 Å². The Morgan fingerprint density at radius 3 is 2.68 bits per heavy atom. The summed E-state index contributed by atoms with van der Waals surface area (Å²) >= 11 is 0. The number of carbonyl (C=O) groups is 2. The van der Waals surface area contributed by atoms with Gasteiger partial charge in [0.15, 0.2) is 11.4 Å². The van der Waals surface area contributed by atoms with Gasteiger partial charge >= 0.3 is 0 Å². The number of carbonyl (C=O) groups excluding carboxylic acids is 2. The van der Waals surface area contributed by atoms with Crippen LogP contribution in [0.3, 0.4) is 0 Å². The highest BCUT2D eigenvalue weighted by Gasteiger charge is 2.30. The van der Waals surface area contributed by atoms with E-state index in [0.29, 0.717) is 17.9 Å². The summed E-state index contributed by atoms with van der Waals surface area (Å²) in [5.41, 5.74) is 6.89. The third kappa shape index (κ3) is 4.30. The Bertz CT molecular complexity index is 859. The predicted octanol–water partition coefficient (Wildman–Crippen LogP) is 2.56. The zero-order valence-electron chi connectivity index (χ0n) is 16.5. The van der Waals surface area contributed by atoms with Crippen LogP contribution in [-0.2, 0) is 5.41 Å². The Hall–Kier alpha value is -2.96. The Balaban J connectivity index is 1.69. The summed E-state index contributed by atoms with van der Waals surface area (Å²) in [4.78, 5) is 34.7. The third-order valence-corrected chi connectivity index (χ3v) is 4.85. The molecule has 148 valence electrons. The van der Waals surface area contributed by atoms with E-state index in [-0.39, 0.29) is 29.7 Å². The molecule has 0 unspecified atom stereocenters. The number of nitrogens with zero attached hydrogens (tertiary/aromatic N) is 3. The molecule has 2 aromatic heterocycles. The first-order valence-electron chi connectivity index (χ1n) is 9.42. The van der Waals surface area contributed by atoms with Crippen LogP contribution in [-0.4, -0.2) is 45.9 Å². The fraction of sp³-hybridized carbons (Fsp3) is 0.429. The zero-order chi connectivity index (χ0) is 20.3. The summed E-state index contributed by atoms with van der Waals surface area (Å²) < 4.78 is 5.79. The standard InChI is InChI=1S/C21H26N4O3/c1-21(2,3)17-9-8-14(12-24-17)20(27)25-11-5-6-15(25)13-28-16-7-4-10-23-18(16)19(22)26/h4,7-10,12,15H,5-6,11,13H2,1-3H3,(H2,22,26)/t15-/m1/s1. The van der Waals surface area contributed by atoms with Crippen LogP contribution < -0.4 is 10.5 Å². The fourth-order valence-electron chi connectivity index (χ4n) is 3.28. The number of nitrogens with two attached hydrogens (primary N) is 1.